The van der Waals surface area contributed by atoms with Gasteiger partial charge in [0, 0.05) is 5.41 Å². The van der Waals surface area contributed by atoms with Crippen molar-refractivity contribution in [3.63, 3.8) is 0 Å². The normalized spacial score (nSPS) is 11.6. The van der Waals surface area contributed by atoms with Crippen molar-refractivity contribution in [1.29, 1.82) is 0 Å². The Labute approximate surface area is 112 Å². The molecule has 0 atom stereocenters. The number of hydrogen-bond donors (Lipinski definition) is 2. The van der Waals surface area contributed by atoms with Crippen LogP contribution in [-0.4, -0.2) is 15.1 Å². The average Bonchev–Trinajstić information content (AvgIpc) is 2.29. The van der Waals surface area contributed by atoms with Gasteiger partial charge in [-0.3, -0.25) is 4.79 Å². The van der Waals surface area contributed by atoms with Gasteiger partial charge in [0.1, 0.15) is 11.4 Å². The van der Waals surface area contributed by atoms with Gasteiger partial charge in [0.15, 0.2) is 0 Å². The van der Waals surface area contributed by atoms with Crippen molar-refractivity contribution in [2.75, 3.05) is 0 Å². The molecule has 0 aliphatic carbocycles. The fourth-order valence-corrected chi connectivity index (χ4v) is 1.91. The van der Waals surface area contributed by atoms with Crippen LogP contribution in [0.25, 0.3) is 11.1 Å². The molecule has 2 rings (SSSR count). The van der Waals surface area contributed by atoms with Crippen molar-refractivity contribution in [3.05, 3.63) is 46.0 Å². The minimum absolute atomic E-state index is 0.219. The molecule has 0 bridgehead atoms. The molecule has 100 valence electrons. The summed E-state index contributed by atoms with van der Waals surface area (Å²) < 4.78 is 0. The second kappa shape index (κ2) is 4.53. The highest BCUT2D eigenvalue weighted by Gasteiger charge is 2.21. The van der Waals surface area contributed by atoms with Gasteiger partial charge in [0.25, 0.3) is 5.56 Å². The van der Waals surface area contributed by atoms with Crippen LogP contribution in [0.3, 0.4) is 0 Å². The van der Waals surface area contributed by atoms with Gasteiger partial charge in [-0.25, -0.2) is 0 Å². The predicted octanol–water partition coefficient (Wildman–Crippen LogP) is 2.75. The molecule has 1 aromatic heterocycles. The lowest BCUT2D eigenvalue weighted by Gasteiger charge is -2.18. The predicted molar refractivity (Wildman–Crippen MR) is 75.4 cm³/mol. The van der Waals surface area contributed by atoms with Gasteiger partial charge in [-0.2, -0.15) is 4.98 Å². The zero-order chi connectivity index (χ0) is 14.2. The van der Waals surface area contributed by atoms with Crippen LogP contribution in [0.15, 0.2) is 29.1 Å². The molecule has 0 saturated carbocycles. The molecule has 0 spiro atoms. The number of aromatic nitrogens is 2. The van der Waals surface area contributed by atoms with Crippen LogP contribution in [0.4, 0.5) is 0 Å². The van der Waals surface area contributed by atoms with E-state index in [-0.39, 0.29) is 22.4 Å². The summed E-state index contributed by atoms with van der Waals surface area (Å²) in [6.07, 6.45) is 0. The first kappa shape index (κ1) is 13.3. The number of aromatic amines is 1. The summed E-state index contributed by atoms with van der Waals surface area (Å²) in [5.74, 6) is 0.260. The van der Waals surface area contributed by atoms with E-state index in [0.29, 0.717) is 11.4 Å². The van der Waals surface area contributed by atoms with E-state index in [1.165, 1.54) is 0 Å². The lowest BCUT2D eigenvalue weighted by atomic mass is 9.95. The second-order valence-corrected chi connectivity index (χ2v) is 5.68. The van der Waals surface area contributed by atoms with Gasteiger partial charge in [-0.05, 0) is 18.1 Å². The lowest BCUT2D eigenvalue weighted by Crippen LogP contribution is -2.23. The Morgan fingerprint density at radius 3 is 2.37 bits per heavy atom. The van der Waals surface area contributed by atoms with Crippen molar-refractivity contribution < 1.29 is 5.11 Å². The molecular formula is C15H18N2O2. The molecule has 0 aliphatic rings. The summed E-state index contributed by atoms with van der Waals surface area (Å²) in [7, 11) is 0. The number of benzene rings is 1. The molecule has 1 heterocycles. The largest absolute Gasteiger partial charge is 0.493 e. The third-order valence-electron chi connectivity index (χ3n) is 3.03. The molecule has 2 N–H and O–H groups in total. The third kappa shape index (κ3) is 2.52. The zero-order valence-electron chi connectivity index (χ0n) is 11.6. The quantitative estimate of drug-likeness (QED) is 0.826. The van der Waals surface area contributed by atoms with E-state index in [0.717, 1.165) is 5.56 Å². The van der Waals surface area contributed by atoms with E-state index in [4.69, 9.17) is 0 Å². The van der Waals surface area contributed by atoms with E-state index in [9.17, 15) is 9.90 Å². The summed E-state index contributed by atoms with van der Waals surface area (Å²) >= 11 is 0. The maximum Gasteiger partial charge on any atom is 0.262 e. The lowest BCUT2D eigenvalue weighted by molar-refractivity contribution is 0.437. The van der Waals surface area contributed by atoms with Crippen LogP contribution < -0.4 is 5.56 Å². The Hall–Kier alpha value is -2.10. The number of nitrogens with one attached hydrogen (secondary N) is 1. The number of nitrogens with zero attached hydrogens (tertiary/aromatic N) is 1. The summed E-state index contributed by atoms with van der Waals surface area (Å²) in [5, 5.41) is 10.1. The highest BCUT2D eigenvalue weighted by molar-refractivity contribution is 5.70. The zero-order valence-corrected chi connectivity index (χ0v) is 11.6. The number of H-pyrrole nitrogens is 1. The second-order valence-electron chi connectivity index (χ2n) is 5.68. The van der Waals surface area contributed by atoms with Crippen molar-refractivity contribution in [1.82, 2.24) is 9.97 Å². The minimum Gasteiger partial charge on any atom is -0.493 e. The Bertz CT molecular complexity index is 667. The Morgan fingerprint density at radius 2 is 1.84 bits per heavy atom. The fourth-order valence-electron chi connectivity index (χ4n) is 1.91. The van der Waals surface area contributed by atoms with E-state index in [2.05, 4.69) is 9.97 Å². The van der Waals surface area contributed by atoms with Crippen molar-refractivity contribution >= 4 is 0 Å². The van der Waals surface area contributed by atoms with E-state index in [1.54, 1.807) is 6.07 Å². The third-order valence-corrected chi connectivity index (χ3v) is 3.03. The van der Waals surface area contributed by atoms with Crippen molar-refractivity contribution in [3.8, 4) is 17.0 Å². The Kier molecular flexibility index (Phi) is 3.18. The monoisotopic (exact) mass is 258 g/mol. The summed E-state index contributed by atoms with van der Waals surface area (Å²) in [6.45, 7) is 7.68. The van der Waals surface area contributed by atoms with Crippen LogP contribution in [0, 0.1) is 6.92 Å². The Morgan fingerprint density at radius 1 is 1.21 bits per heavy atom. The summed E-state index contributed by atoms with van der Waals surface area (Å²) in [6, 6.07) is 7.42. The number of hydrogen-bond acceptors (Lipinski definition) is 3. The van der Waals surface area contributed by atoms with Gasteiger partial charge in [0.05, 0.1) is 0 Å². The molecule has 4 heteroatoms. The van der Waals surface area contributed by atoms with Crippen molar-refractivity contribution in [2.24, 2.45) is 0 Å². The number of aryl methyl sites for hydroxylation is 1. The molecule has 0 fully saturated rings. The molecule has 0 saturated heterocycles. The molecule has 19 heavy (non-hydrogen) atoms. The minimum atomic E-state index is -0.319. The SMILES string of the molecule is Cc1ccccc1-c1c(O)nc(C(C)(C)C)[nH]c1=O. The first-order chi connectivity index (χ1) is 8.80. The first-order valence-corrected chi connectivity index (χ1v) is 6.20. The average molecular weight is 258 g/mol. The van der Waals surface area contributed by atoms with E-state index < -0.39 is 0 Å². The molecule has 4 nitrogen and oxygen atoms in total. The van der Waals surface area contributed by atoms with Gasteiger partial charge in [-0.1, -0.05) is 45.0 Å². The van der Waals surface area contributed by atoms with Crippen LogP contribution in [0.2, 0.25) is 0 Å². The van der Waals surface area contributed by atoms with E-state index in [1.807, 2.05) is 45.9 Å². The molecule has 2 aromatic rings. The molecule has 1 aromatic carbocycles. The van der Waals surface area contributed by atoms with Gasteiger partial charge < -0.3 is 10.1 Å². The highest BCUT2D eigenvalue weighted by Crippen LogP contribution is 2.28. The van der Waals surface area contributed by atoms with Gasteiger partial charge in [-0.15, -0.1) is 0 Å². The van der Waals surface area contributed by atoms with E-state index >= 15 is 0 Å². The number of aromatic hydroxyl groups is 1. The fraction of sp³-hybridized carbons (Fsp3) is 0.333. The maximum absolute atomic E-state index is 12.2. The van der Waals surface area contributed by atoms with Crippen LogP contribution in [0.1, 0.15) is 32.2 Å². The van der Waals surface area contributed by atoms with Gasteiger partial charge in [0.2, 0.25) is 5.88 Å². The maximum atomic E-state index is 12.2. The molecule has 0 aliphatic heterocycles. The first-order valence-electron chi connectivity index (χ1n) is 6.20. The molecule has 0 amide bonds. The number of rotatable bonds is 1. The Balaban J connectivity index is 2.68. The molecular weight excluding hydrogens is 240 g/mol. The topological polar surface area (TPSA) is 66.0 Å². The van der Waals surface area contributed by atoms with Gasteiger partial charge >= 0.3 is 0 Å². The van der Waals surface area contributed by atoms with Crippen LogP contribution in [-0.2, 0) is 5.41 Å². The van der Waals surface area contributed by atoms with Crippen LogP contribution in [0.5, 0.6) is 5.88 Å². The summed E-state index contributed by atoms with van der Waals surface area (Å²) in [4.78, 5) is 19.1. The smallest absolute Gasteiger partial charge is 0.262 e. The molecule has 0 radical (unpaired) electrons. The van der Waals surface area contributed by atoms with Crippen LogP contribution >= 0.6 is 0 Å². The van der Waals surface area contributed by atoms with Crippen molar-refractivity contribution in [2.45, 2.75) is 33.1 Å². The standard InChI is InChI=1S/C15H18N2O2/c1-9-7-5-6-8-10(9)11-12(18)16-14(15(2,3)4)17-13(11)19/h5-8H,1-4H3,(H2,16,17,18,19). The summed E-state index contributed by atoms with van der Waals surface area (Å²) in [5.41, 5.74) is 1.22. The highest BCUT2D eigenvalue weighted by atomic mass is 16.3. The molecule has 0 unspecified atom stereocenters.